The Morgan fingerprint density at radius 2 is 2.25 bits per heavy atom. The minimum Gasteiger partial charge on any atom is -0.398 e. The van der Waals surface area contributed by atoms with Crippen LogP contribution in [0.4, 0.5) is 5.69 Å². The van der Waals surface area contributed by atoms with Crippen LogP contribution in [0, 0.1) is 0 Å². The van der Waals surface area contributed by atoms with E-state index in [9.17, 15) is 4.79 Å². The molecule has 0 aliphatic rings. The molecule has 1 aromatic rings. The van der Waals surface area contributed by atoms with Crippen molar-refractivity contribution in [2.24, 2.45) is 0 Å². The smallest absolute Gasteiger partial charge is 0.254 e. The molecule has 88 valence electrons. The normalized spacial score (nSPS) is 12.2. The van der Waals surface area contributed by atoms with Crippen molar-refractivity contribution in [2.45, 2.75) is 6.10 Å². The SMILES string of the molecule is Nc1cccc(Cl)c1C(=O)NCC(O)CO. The number of hydrogen-bond donors (Lipinski definition) is 4. The maximum absolute atomic E-state index is 11.6. The van der Waals surface area contributed by atoms with Crippen molar-refractivity contribution in [3.8, 4) is 0 Å². The maximum atomic E-state index is 11.6. The number of halogens is 1. The van der Waals surface area contributed by atoms with Gasteiger partial charge in [-0.3, -0.25) is 4.79 Å². The van der Waals surface area contributed by atoms with Crippen LogP contribution in [0.2, 0.25) is 5.02 Å². The van der Waals surface area contributed by atoms with Gasteiger partial charge in [-0.05, 0) is 12.1 Å². The third kappa shape index (κ3) is 3.10. The van der Waals surface area contributed by atoms with E-state index in [0.29, 0.717) is 0 Å². The number of carbonyl (C=O) groups is 1. The Hall–Kier alpha value is -1.30. The molecule has 0 bridgehead atoms. The number of anilines is 1. The fourth-order valence-electron chi connectivity index (χ4n) is 1.14. The topological polar surface area (TPSA) is 95.6 Å². The Morgan fingerprint density at radius 3 is 2.81 bits per heavy atom. The van der Waals surface area contributed by atoms with Gasteiger partial charge in [0.05, 0.1) is 23.3 Å². The van der Waals surface area contributed by atoms with Gasteiger partial charge in [0, 0.05) is 12.2 Å². The molecule has 5 nitrogen and oxygen atoms in total. The second-order valence-electron chi connectivity index (χ2n) is 3.25. The highest BCUT2D eigenvalue weighted by Gasteiger charge is 2.14. The molecule has 1 atom stereocenters. The molecule has 1 amide bonds. The number of hydrogen-bond acceptors (Lipinski definition) is 4. The molecule has 1 unspecified atom stereocenters. The van der Waals surface area contributed by atoms with E-state index >= 15 is 0 Å². The van der Waals surface area contributed by atoms with E-state index in [2.05, 4.69) is 5.32 Å². The molecule has 0 fully saturated rings. The highest BCUT2D eigenvalue weighted by atomic mass is 35.5. The average molecular weight is 245 g/mol. The van der Waals surface area contributed by atoms with Gasteiger partial charge < -0.3 is 21.3 Å². The average Bonchev–Trinajstić information content (AvgIpc) is 2.25. The highest BCUT2D eigenvalue weighted by molar-refractivity contribution is 6.34. The molecule has 0 saturated carbocycles. The minimum absolute atomic E-state index is 0.0556. The number of nitrogens with two attached hydrogens (primary N) is 1. The molecule has 16 heavy (non-hydrogen) atoms. The monoisotopic (exact) mass is 244 g/mol. The molecule has 1 rings (SSSR count). The fraction of sp³-hybridized carbons (Fsp3) is 0.300. The number of nitrogen functional groups attached to an aromatic ring is 1. The Morgan fingerprint density at radius 1 is 1.56 bits per heavy atom. The van der Waals surface area contributed by atoms with Crippen molar-refractivity contribution < 1.29 is 15.0 Å². The second kappa shape index (κ2) is 5.69. The number of aliphatic hydroxyl groups excluding tert-OH is 2. The van der Waals surface area contributed by atoms with Crippen LogP contribution in [0.25, 0.3) is 0 Å². The Kier molecular flexibility index (Phi) is 4.54. The van der Waals surface area contributed by atoms with Crippen LogP contribution in [-0.2, 0) is 0 Å². The summed E-state index contributed by atoms with van der Waals surface area (Å²) in [4.78, 5) is 11.6. The lowest BCUT2D eigenvalue weighted by atomic mass is 10.1. The summed E-state index contributed by atoms with van der Waals surface area (Å²) in [5.41, 5.74) is 6.05. The molecule has 0 aromatic heterocycles. The number of carbonyl (C=O) groups excluding carboxylic acids is 1. The Bertz CT molecular complexity index is 364. The number of nitrogens with one attached hydrogen (secondary N) is 1. The third-order valence-corrected chi connectivity index (χ3v) is 2.30. The van der Waals surface area contributed by atoms with Gasteiger partial charge in [-0.15, -0.1) is 0 Å². The van der Waals surface area contributed by atoms with Crippen LogP contribution in [0.15, 0.2) is 18.2 Å². The zero-order valence-corrected chi connectivity index (χ0v) is 9.24. The lowest BCUT2D eigenvalue weighted by Crippen LogP contribution is -2.34. The van der Waals surface area contributed by atoms with Crippen LogP contribution < -0.4 is 11.1 Å². The van der Waals surface area contributed by atoms with E-state index in [-0.39, 0.29) is 22.8 Å². The van der Waals surface area contributed by atoms with Gasteiger partial charge in [0.25, 0.3) is 5.91 Å². The summed E-state index contributed by atoms with van der Waals surface area (Å²) in [5.74, 6) is -0.476. The third-order valence-electron chi connectivity index (χ3n) is 1.98. The van der Waals surface area contributed by atoms with E-state index in [0.717, 1.165) is 0 Å². The molecule has 0 spiro atoms. The van der Waals surface area contributed by atoms with E-state index in [4.69, 9.17) is 27.5 Å². The summed E-state index contributed by atoms with van der Waals surface area (Å²) in [5, 5.41) is 20.3. The summed E-state index contributed by atoms with van der Waals surface area (Å²) in [6, 6.07) is 4.75. The summed E-state index contributed by atoms with van der Waals surface area (Å²) >= 11 is 5.82. The van der Waals surface area contributed by atoms with Gasteiger partial charge in [-0.25, -0.2) is 0 Å². The summed E-state index contributed by atoms with van der Waals surface area (Å²) in [6.07, 6.45) is -0.993. The molecule has 1 aromatic carbocycles. The minimum atomic E-state index is -0.993. The second-order valence-corrected chi connectivity index (χ2v) is 3.66. The van der Waals surface area contributed by atoms with E-state index < -0.39 is 18.6 Å². The molecule has 0 saturated heterocycles. The fourth-order valence-corrected chi connectivity index (χ4v) is 1.41. The Labute approximate surface area is 97.8 Å². The molecule has 0 aliphatic heterocycles. The number of amides is 1. The van der Waals surface area contributed by atoms with Crippen LogP contribution in [-0.4, -0.2) is 35.4 Å². The van der Waals surface area contributed by atoms with Crippen LogP contribution in [0.3, 0.4) is 0 Å². The van der Waals surface area contributed by atoms with Crippen molar-refractivity contribution in [3.63, 3.8) is 0 Å². The quantitative estimate of drug-likeness (QED) is 0.561. The summed E-state index contributed by atoms with van der Waals surface area (Å²) in [6.45, 7) is -0.474. The van der Waals surface area contributed by atoms with Crippen molar-refractivity contribution >= 4 is 23.2 Å². The number of aliphatic hydroxyl groups is 2. The molecule has 5 N–H and O–H groups in total. The van der Waals surface area contributed by atoms with Gasteiger partial charge in [0.2, 0.25) is 0 Å². The van der Waals surface area contributed by atoms with Crippen LogP contribution in [0.5, 0.6) is 0 Å². The zero-order valence-electron chi connectivity index (χ0n) is 8.48. The first-order chi connectivity index (χ1) is 7.56. The van der Waals surface area contributed by atoms with Crippen LogP contribution in [0.1, 0.15) is 10.4 Å². The van der Waals surface area contributed by atoms with Gasteiger partial charge in [-0.1, -0.05) is 17.7 Å². The molecular formula is C10H13ClN2O3. The maximum Gasteiger partial charge on any atom is 0.254 e. The molecular weight excluding hydrogens is 232 g/mol. The summed E-state index contributed by atoms with van der Waals surface area (Å²) < 4.78 is 0. The van der Waals surface area contributed by atoms with Crippen molar-refractivity contribution in [1.82, 2.24) is 5.32 Å². The zero-order chi connectivity index (χ0) is 12.1. The van der Waals surface area contributed by atoms with Gasteiger partial charge >= 0.3 is 0 Å². The first-order valence-corrected chi connectivity index (χ1v) is 5.05. The van der Waals surface area contributed by atoms with E-state index in [1.807, 2.05) is 0 Å². The van der Waals surface area contributed by atoms with Gasteiger partial charge in [0.15, 0.2) is 0 Å². The van der Waals surface area contributed by atoms with Crippen LogP contribution >= 0.6 is 11.6 Å². The molecule has 0 aliphatic carbocycles. The van der Waals surface area contributed by atoms with Crippen molar-refractivity contribution in [3.05, 3.63) is 28.8 Å². The molecule has 0 radical (unpaired) electrons. The molecule has 0 heterocycles. The standard InChI is InChI=1S/C10H13ClN2O3/c11-7-2-1-3-8(12)9(7)10(16)13-4-6(15)5-14/h1-3,6,14-15H,4-5,12H2,(H,13,16). The highest BCUT2D eigenvalue weighted by Crippen LogP contribution is 2.21. The van der Waals surface area contributed by atoms with E-state index in [1.165, 1.54) is 0 Å². The lowest BCUT2D eigenvalue weighted by Gasteiger charge is -2.11. The number of benzene rings is 1. The van der Waals surface area contributed by atoms with E-state index in [1.54, 1.807) is 18.2 Å². The largest absolute Gasteiger partial charge is 0.398 e. The lowest BCUT2D eigenvalue weighted by molar-refractivity contribution is 0.0802. The first-order valence-electron chi connectivity index (χ1n) is 4.67. The summed E-state index contributed by atoms with van der Waals surface area (Å²) in [7, 11) is 0. The van der Waals surface area contributed by atoms with Gasteiger partial charge in [0.1, 0.15) is 0 Å². The predicted octanol–water partition coefficient (Wildman–Crippen LogP) is 0.00520. The number of rotatable bonds is 4. The van der Waals surface area contributed by atoms with Gasteiger partial charge in [-0.2, -0.15) is 0 Å². The van der Waals surface area contributed by atoms with Crippen molar-refractivity contribution in [1.29, 1.82) is 0 Å². The Balaban J connectivity index is 2.73. The molecule has 6 heteroatoms. The van der Waals surface area contributed by atoms with Crippen molar-refractivity contribution in [2.75, 3.05) is 18.9 Å². The first kappa shape index (κ1) is 12.8. The predicted molar refractivity (Wildman–Crippen MR) is 61.3 cm³/mol.